The van der Waals surface area contributed by atoms with E-state index in [9.17, 15) is 0 Å². The van der Waals surface area contributed by atoms with E-state index in [1.165, 1.54) is 0 Å². The number of hydrogen-bond acceptors (Lipinski definition) is 6. The van der Waals surface area contributed by atoms with Crippen LogP contribution in [-0.4, -0.2) is 22.1 Å². The highest BCUT2D eigenvalue weighted by Crippen LogP contribution is 2.20. The molecule has 2 N–H and O–H groups in total. The van der Waals surface area contributed by atoms with Gasteiger partial charge in [-0.25, -0.2) is 4.98 Å². The number of aromatic nitrogens is 3. The Morgan fingerprint density at radius 1 is 0.733 bits per heavy atom. The number of nitrogens with zero attached hydrogens (tertiary/aromatic N) is 3. The fourth-order valence-electron chi connectivity index (χ4n) is 2.77. The average molecular weight is 395 g/mol. The summed E-state index contributed by atoms with van der Waals surface area (Å²) in [6.45, 7) is 0. The van der Waals surface area contributed by atoms with E-state index in [0.717, 1.165) is 28.4 Å². The van der Waals surface area contributed by atoms with Crippen molar-refractivity contribution in [3.8, 4) is 5.75 Å². The van der Waals surface area contributed by atoms with E-state index < -0.39 is 0 Å². The van der Waals surface area contributed by atoms with Crippen molar-refractivity contribution in [2.75, 3.05) is 17.7 Å². The second kappa shape index (κ2) is 9.34. The van der Waals surface area contributed by atoms with Gasteiger partial charge in [-0.05, 0) is 66.2 Å². The Hall–Kier alpha value is -4.19. The van der Waals surface area contributed by atoms with Gasteiger partial charge in [0.15, 0.2) is 0 Å². The summed E-state index contributed by atoms with van der Waals surface area (Å²) in [6.07, 6.45) is 7.52. The van der Waals surface area contributed by atoms with Gasteiger partial charge >= 0.3 is 0 Å². The predicted molar refractivity (Wildman–Crippen MR) is 121 cm³/mol. The molecular formula is C24H21N5O. The summed E-state index contributed by atoms with van der Waals surface area (Å²) in [5, 5.41) is 6.49. The molecule has 30 heavy (non-hydrogen) atoms. The molecule has 2 aromatic heterocycles. The average Bonchev–Trinajstić information content (AvgIpc) is 2.80. The number of pyridine rings is 1. The third-order valence-corrected chi connectivity index (χ3v) is 4.32. The summed E-state index contributed by atoms with van der Waals surface area (Å²) in [7, 11) is 1.64. The summed E-state index contributed by atoms with van der Waals surface area (Å²) in [5.41, 5.74) is 3.85. The normalized spacial score (nSPS) is 10.7. The number of methoxy groups -OCH3 is 1. The van der Waals surface area contributed by atoms with Crippen LogP contribution in [0.1, 0.15) is 11.3 Å². The van der Waals surface area contributed by atoms with Gasteiger partial charge in [-0.15, -0.1) is 0 Å². The van der Waals surface area contributed by atoms with E-state index >= 15 is 0 Å². The zero-order valence-electron chi connectivity index (χ0n) is 16.5. The first-order chi connectivity index (χ1) is 14.8. The van der Waals surface area contributed by atoms with Crippen molar-refractivity contribution in [2.45, 2.75) is 0 Å². The third kappa shape index (κ3) is 5.20. The molecule has 4 aromatic rings. The van der Waals surface area contributed by atoms with Crippen LogP contribution in [0, 0.1) is 0 Å². The minimum Gasteiger partial charge on any atom is -0.497 e. The third-order valence-electron chi connectivity index (χ3n) is 4.32. The number of ether oxygens (including phenoxy) is 1. The SMILES string of the molecule is COc1ccc(Nc2nccc(Nc3ccc(C=Cc4ccccn4)cc3)n2)cc1. The van der Waals surface area contributed by atoms with Gasteiger partial charge in [-0.3, -0.25) is 4.98 Å². The number of benzene rings is 2. The molecule has 0 radical (unpaired) electrons. The molecule has 0 bridgehead atoms. The van der Waals surface area contributed by atoms with Gasteiger partial charge in [0.1, 0.15) is 11.6 Å². The predicted octanol–water partition coefficient (Wildman–Crippen LogP) is 5.54. The molecule has 4 rings (SSSR count). The Bertz CT molecular complexity index is 1110. The number of nitrogens with one attached hydrogen (secondary N) is 2. The van der Waals surface area contributed by atoms with E-state index in [0.29, 0.717) is 11.8 Å². The zero-order chi connectivity index (χ0) is 20.6. The van der Waals surface area contributed by atoms with Crippen LogP contribution in [0.4, 0.5) is 23.1 Å². The van der Waals surface area contributed by atoms with Crippen molar-refractivity contribution in [3.05, 3.63) is 96.4 Å². The van der Waals surface area contributed by atoms with E-state index in [1.807, 2.05) is 84.9 Å². The lowest BCUT2D eigenvalue weighted by atomic mass is 10.2. The van der Waals surface area contributed by atoms with Crippen molar-refractivity contribution in [2.24, 2.45) is 0 Å². The minimum absolute atomic E-state index is 0.514. The van der Waals surface area contributed by atoms with Gasteiger partial charge in [-0.1, -0.05) is 24.3 Å². The quantitative estimate of drug-likeness (QED) is 0.428. The maximum atomic E-state index is 5.17. The van der Waals surface area contributed by atoms with Crippen LogP contribution >= 0.6 is 0 Å². The smallest absolute Gasteiger partial charge is 0.229 e. The van der Waals surface area contributed by atoms with Gasteiger partial charge in [0.05, 0.1) is 12.8 Å². The van der Waals surface area contributed by atoms with E-state index in [2.05, 4.69) is 25.6 Å². The van der Waals surface area contributed by atoms with Crippen molar-refractivity contribution in [1.82, 2.24) is 15.0 Å². The van der Waals surface area contributed by atoms with Gasteiger partial charge < -0.3 is 15.4 Å². The van der Waals surface area contributed by atoms with Crippen LogP contribution in [0.3, 0.4) is 0 Å². The highest BCUT2D eigenvalue weighted by molar-refractivity contribution is 5.69. The highest BCUT2D eigenvalue weighted by atomic mass is 16.5. The summed E-state index contributed by atoms with van der Waals surface area (Å²) in [6, 6.07) is 23.4. The number of anilines is 4. The molecule has 0 amide bonds. The molecule has 0 saturated carbocycles. The van der Waals surface area contributed by atoms with Crippen LogP contribution in [-0.2, 0) is 0 Å². The Balaban J connectivity index is 1.40. The van der Waals surface area contributed by atoms with E-state index in [4.69, 9.17) is 4.74 Å². The Morgan fingerprint density at radius 2 is 1.50 bits per heavy atom. The van der Waals surface area contributed by atoms with E-state index in [-0.39, 0.29) is 0 Å². The van der Waals surface area contributed by atoms with Gasteiger partial charge in [-0.2, -0.15) is 4.98 Å². The first kappa shape index (κ1) is 19.1. The second-order valence-corrected chi connectivity index (χ2v) is 6.45. The van der Waals surface area contributed by atoms with Crippen LogP contribution in [0.5, 0.6) is 5.75 Å². The van der Waals surface area contributed by atoms with Crippen molar-refractivity contribution in [3.63, 3.8) is 0 Å². The van der Waals surface area contributed by atoms with Crippen LogP contribution in [0.2, 0.25) is 0 Å². The topological polar surface area (TPSA) is 72.0 Å². The fraction of sp³-hybridized carbons (Fsp3) is 0.0417. The van der Waals surface area contributed by atoms with Gasteiger partial charge in [0.25, 0.3) is 0 Å². The molecule has 0 saturated heterocycles. The standard InChI is InChI=1S/C24H21N5O/c1-30-22-13-11-21(12-14-22)28-24-26-17-15-23(29-24)27-20-9-6-18(7-10-20)5-8-19-4-2-3-16-25-19/h2-17H,1H3,(H2,26,27,28,29). The lowest BCUT2D eigenvalue weighted by molar-refractivity contribution is 0.415. The highest BCUT2D eigenvalue weighted by Gasteiger charge is 2.02. The first-order valence-electron chi connectivity index (χ1n) is 9.49. The lowest BCUT2D eigenvalue weighted by Gasteiger charge is -2.09. The Morgan fingerprint density at radius 3 is 2.23 bits per heavy atom. The molecular weight excluding hydrogens is 374 g/mol. The first-order valence-corrected chi connectivity index (χ1v) is 9.49. The molecule has 0 aliphatic heterocycles. The number of hydrogen-bond donors (Lipinski definition) is 2. The summed E-state index contributed by atoms with van der Waals surface area (Å²) >= 11 is 0. The van der Waals surface area contributed by atoms with E-state index in [1.54, 1.807) is 19.5 Å². The Labute approximate surface area is 175 Å². The molecule has 0 fully saturated rings. The largest absolute Gasteiger partial charge is 0.497 e. The fourth-order valence-corrected chi connectivity index (χ4v) is 2.77. The lowest BCUT2D eigenvalue weighted by Crippen LogP contribution is -2.00. The molecule has 0 atom stereocenters. The summed E-state index contributed by atoms with van der Waals surface area (Å²) < 4.78 is 5.17. The second-order valence-electron chi connectivity index (χ2n) is 6.45. The molecule has 148 valence electrons. The molecule has 0 aliphatic carbocycles. The van der Waals surface area contributed by atoms with Gasteiger partial charge in [0, 0.05) is 23.8 Å². The summed E-state index contributed by atoms with van der Waals surface area (Å²) in [4.78, 5) is 13.1. The number of rotatable bonds is 7. The molecule has 6 nitrogen and oxygen atoms in total. The molecule has 2 aromatic carbocycles. The van der Waals surface area contributed by atoms with Crippen LogP contribution < -0.4 is 15.4 Å². The van der Waals surface area contributed by atoms with Crippen molar-refractivity contribution >= 4 is 35.3 Å². The minimum atomic E-state index is 0.514. The van der Waals surface area contributed by atoms with Crippen LogP contribution in [0.15, 0.2) is 85.2 Å². The molecule has 0 spiro atoms. The molecule has 2 heterocycles. The van der Waals surface area contributed by atoms with Crippen molar-refractivity contribution in [1.29, 1.82) is 0 Å². The monoisotopic (exact) mass is 395 g/mol. The van der Waals surface area contributed by atoms with Gasteiger partial charge in [0.2, 0.25) is 5.95 Å². The molecule has 0 unspecified atom stereocenters. The summed E-state index contributed by atoms with van der Waals surface area (Å²) in [5.74, 6) is 2.02. The maximum Gasteiger partial charge on any atom is 0.229 e. The maximum absolute atomic E-state index is 5.17. The zero-order valence-corrected chi connectivity index (χ0v) is 16.5. The van der Waals surface area contributed by atoms with Crippen molar-refractivity contribution < 1.29 is 4.74 Å². The Kier molecular flexibility index (Phi) is 5.96. The molecule has 0 aliphatic rings. The van der Waals surface area contributed by atoms with Crippen LogP contribution in [0.25, 0.3) is 12.2 Å². The molecule has 6 heteroatoms.